The molecule has 0 aliphatic carbocycles. The van der Waals surface area contributed by atoms with Crippen LogP contribution in [0, 0.1) is 5.92 Å². The molecule has 1 N–H and O–H groups in total. The molecule has 2 aliphatic rings. The number of hydrogen-bond acceptors (Lipinski definition) is 4. The van der Waals surface area contributed by atoms with Crippen molar-refractivity contribution in [2.24, 2.45) is 5.92 Å². The van der Waals surface area contributed by atoms with Gasteiger partial charge in [0, 0.05) is 42.7 Å². The third kappa shape index (κ3) is 5.25. The first-order valence-corrected chi connectivity index (χ1v) is 13.9. The van der Waals surface area contributed by atoms with E-state index in [9.17, 15) is 9.59 Å². The maximum Gasteiger partial charge on any atom is 0.254 e. The van der Waals surface area contributed by atoms with Gasteiger partial charge in [-0.15, -0.1) is 11.3 Å². The van der Waals surface area contributed by atoms with Crippen LogP contribution in [0.25, 0.3) is 0 Å². The fraction of sp³-hybridized carbons (Fsp3) is 0.400. The third-order valence-corrected chi connectivity index (χ3v) is 8.24. The average Bonchev–Trinajstić information content (AvgIpc) is 3.42. The predicted octanol–water partition coefficient (Wildman–Crippen LogP) is 5.47. The van der Waals surface area contributed by atoms with E-state index in [4.69, 9.17) is 0 Å². The molecule has 36 heavy (non-hydrogen) atoms. The highest BCUT2D eigenvalue weighted by Crippen LogP contribution is 2.44. The van der Waals surface area contributed by atoms with Crippen molar-refractivity contribution in [1.29, 1.82) is 0 Å². The number of carbonyl (C=O) groups is 2. The van der Waals surface area contributed by atoms with Crippen molar-refractivity contribution in [3.8, 4) is 0 Å². The number of likely N-dealkylation sites (tertiary alicyclic amines) is 1. The van der Waals surface area contributed by atoms with Gasteiger partial charge in [0.05, 0.1) is 12.0 Å². The highest BCUT2D eigenvalue weighted by atomic mass is 32.1. The first-order valence-electron chi connectivity index (χ1n) is 13.0. The Balaban J connectivity index is 1.36. The molecule has 0 spiro atoms. The van der Waals surface area contributed by atoms with Gasteiger partial charge in [0.2, 0.25) is 5.91 Å². The molecule has 3 aromatic rings. The Morgan fingerprint density at radius 2 is 1.72 bits per heavy atom. The number of nitrogens with zero attached hydrogens (tertiary/aromatic N) is 2. The summed E-state index contributed by atoms with van der Waals surface area (Å²) in [6.45, 7) is 7.75. The van der Waals surface area contributed by atoms with Crippen molar-refractivity contribution in [2.75, 3.05) is 19.6 Å². The predicted molar refractivity (Wildman–Crippen MR) is 145 cm³/mol. The van der Waals surface area contributed by atoms with Crippen molar-refractivity contribution in [2.45, 2.75) is 51.2 Å². The molecule has 2 atom stereocenters. The highest BCUT2D eigenvalue weighted by Gasteiger charge is 2.45. The monoisotopic (exact) mass is 501 g/mol. The SMILES string of the molecule is CC(C)CN1C(=O)c2ccccc2[C@H](C(=O)NC2CCN(Cc3ccccc3)CC2)[C@H]1c1cccs1. The van der Waals surface area contributed by atoms with Gasteiger partial charge in [-0.3, -0.25) is 14.5 Å². The van der Waals surface area contributed by atoms with Crippen molar-refractivity contribution >= 4 is 23.2 Å². The summed E-state index contributed by atoms with van der Waals surface area (Å²) in [5.41, 5.74) is 2.83. The van der Waals surface area contributed by atoms with Crippen molar-refractivity contribution in [3.63, 3.8) is 0 Å². The van der Waals surface area contributed by atoms with Crippen molar-refractivity contribution in [1.82, 2.24) is 15.1 Å². The molecule has 1 saturated heterocycles. The number of hydrogen-bond donors (Lipinski definition) is 1. The quantitative estimate of drug-likeness (QED) is 0.467. The zero-order chi connectivity index (χ0) is 25.1. The average molecular weight is 502 g/mol. The summed E-state index contributed by atoms with van der Waals surface area (Å²) in [6.07, 6.45) is 1.87. The largest absolute Gasteiger partial charge is 0.353 e. The first-order chi connectivity index (χ1) is 17.5. The van der Waals surface area contributed by atoms with Crippen molar-refractivity contribution in [3.05, 3.63) is 93.7 Å². The molecular weight excluding hydrogens is 466 g/mol. The lowest BCUT2D eigenvalue weighted by Crippen LogP contribution is -2.51. The van der Waals surface area contributed by atoms with E-state index in [0.29, 0.717) is 18.0 Å². The molecule has 6 heteroatoms. The number of nitrogens with one attached hydrogen (secondary N) is 1. The summed E-state index contributed by atoms with van der Waals surface area (Å²) in [5, 5.41) is 5.43. The minimum absolute atomic E-state index is 0.0240. The van der Waals surface area contributed by atoms with Gasteiger partial charge in [0.25, 0.3) is 5.91 Å². The van der Waals surface area contributed by atoms with E-state index in [-0.39, 0.29) is 23.9 Å². The van der Waals surface area contributed by atoms with Gasteiger partial charge in [0.15, 0.2) is 0 Å². The van der Waals surface area contributed by atoms with Gasteiger partial charge in [-0.05, 0) is 47.4 Å². The molecular formula is C30H35N3O2S. The number of carbonyl (C=O) groups excluding carboxylic acids is 2. The molecule has 0 unspecified atom stereocenters. The third-order valence-electron chi connectivity index (χ3n) is 7.30. The van der Waals surface area contributed by atoms with Gasteiger partial charge in [0.1, 0.15) is 0 Å². The van der Waals surface area contributed by atoms with E-state index in [1.807, 2.05) is 46.7 Å². The van der Waals surface area contributed by atoms with Crippen LogP contribution >= 0.6 is 11.3 Å². The molecule has 2 aliphatic heterocycles. The fourth-order valence-electron chi connectivity index (χ4n) is 5.61. The van der Waals surface area contributed by atoms with E-state index in [2.05, 4.69) is 54.4 Å². The van der Waals surface area contributed by atoms with Crippen LogP contribution in [0.3, 0.4) is 0 Å². The highest BCUT2D eigenvalue weighted by molar-refractivity contribution is 7.10. The van der Waals surface area contributed by atoms with Gasteiger partial charge < -0.3 is 10.2 Å². The molecule has 0 bridgehead atoms. The summed E-state index contributed by atoms with van der Waals surface area (Å²) in [5.74, 6) is -0.0578. The van der Waals surface area contributed by atoms with Crippen LogP contribution in [0.2, 0.25) is 0 Å². The molecule has 0 radical (unpaired) electrons. The topological polar surface area (TPSA) is 52.7 Å². The Bertz CT molecular complexity index is 1170. The van der Waals surface area contributed by atoms with E-state index in [0.717, 1.165) is 42.9 Å². The Labute approximate surface area is 218 Å². The van der Waals surface area contributed by atoms with Crippen LogP contribution < -0.4 is 5.32 Å². The minimum atomic E-state index is -0.418. The van der Waals surface area contributed by atoms with Crippen LogP contribution in [0.1, 0.15) is 65.0 Å². The number of piperidine rings is 1. The number of benzene rings is 2. The molecule has 3 heterocycles. The second-order valence-corrected chi connectivity index (χ2v) is 11.4. The molecule has 2 aromatic carbocycles. The molecule has 1 fully saturated rings. The summed E-state index contributed by atoms with van der Waals surface area (Å²) in [6, 6.07) is 22.2. The van der Waals surface area contributed by atoms with Gasteiger partial charge in [-0.2, -0.15) is 0 Å². The molecule has 5 nitrogen and oxygen atoms in total. The van der Waals surface area contributed by atoms with Crippen LogP contribution in [-0.2, 0) is 11.3 Å². The lowest BCUT2D eigenvalue weighted by Gasteiger charge is -2.42. The van der Waals surface area contributed by atoms with Crippen molar-refractivity contribution < 1.29 is 9.59 Å². The van der Waals surface area contributed by atoms with Gasteiger partial charge in [-0.1, -0.05) is 68.4 Å². The summed E-state index contributed by atoms with van der Waals surface area (Å²) < 4.78 is 0. The Morgan fingerprint density at radius 3 is 2.42 bits per heavy atom. The Hall–Kier alpha value is -2.96. The maximum absolute atomic E-state index is 14.0. The normalized spacial score (nSPS) is 21.0. The lowest BCUT2D eigenvalue weighted by atomic mass is 9.80. The summed E-state index contributed by atoms with van der Waals surface area (Å²) in [7, 11) is 0. The second-order valence-electron chi connectivity index (χ2n) is 10.4. The molecule has 1 aromatic heterocycles. The van der Waals surface area contributed by atoms with E-state index in [1.54, 1.807) is 11.3 Å². The van der Waals surface area contributed by atoms with Crippen LogP contribution in [0.4, 0.5) is 0 Å². The van der Waals surface area contributed by atoms with E-state index >= 15 is 0 Å². The summed E-state index contributed by atoms with van der Waals surface area (Å²) >= 11 is 1.62. The number of rotatable bonds is 7. The number of thiophene rings is 1. The first kappa shape index (κ1) is 24.7. The zero-order valence-electron chi connectivity index (χ0n) is 21.1. The van der Waals surface area contributed by atoms with Gasteiger partial charge >= 0.3 is 0 Å². The number of amides is 2. The molecule has 5 rings (SSSR count). The van der Waals surface area contributed by atoms with E-state index < -0.39 is 5.92 Å². The smallest absolute Gasteiger partial charge is 0.254 e. The minimum Gasteiger partial charge on any atom is -0.353 e. The lowest BCUT2D eigenvalue weighted by molar-refractivity contribution is -0.125. The van der Waals surface area contributed by atoms with Crippen LogP contribution in [0.5, 0.6) is 0 Å². The molecule has 2 amide bonds. The molecule has 188 valence electrons. The second kappa shape index (κ2) is 11.0. The Morgan fingerprint density at radius 1 is 1.00 bits per heavy atom. The zero-order valence-corrected chi connectivity index (χ0v) is 21.9. The summed E-state index contributed by atoms with van der Waals surface area (Å²) in [4.78, 5) is 33.0. The fourth-order valence-corrected chi connectivity index (χ4v) is 6.49. The van der Waals surface area contributed by atoms with Crippen LogP contribution in [-0.4, -0.2) is 47.3 Å². The van der Waals surface area contributed by atoms with Crippen LogP contribution in [0.15, 0.2) is 72.1 Å². The molecule has 0 saturated carbocycles. The number of fused-ring (bicyclic) bond motifs is 1. The van der Waals surface area contributed by atoms with E-state index in [1.165, 1.54) is 5.56 Å². The Kier molecular flexibility index (Phi) is 7.54. The van der Waals surface area contributed by atoms with Gasteiger partial charge in [-0.25, -0.2) is 0 Å². The maximum atomic E-state index is 14.0. The standard InChI is InChI=1S/C30H35N3O2S/c1-21(2)19-33-28(26-13-8-18-36-26)27(24-11-6-7-12-25(24)30(33)35)29(34)31-23-14-16-32(17-15-23)20-22-9-4-3-5-10-22/h3-13,18,21,23,27-28H,14-17,19-20H2,1-2H3,(H,31,34)/t27-,28+/m0/s1.